The summed E-state index contributed by atoms with van der Waals surface area (Å²) in [6, 6.07) is 0. The molecule has 0 atom stereocenters. The van der Waals surface area contributed by atoms with Crippen LogP contribution in [0.3, 0.4) is 0 Å². The first-order valence-electron chi connectivity index (χ1n) is 4.32. The van der Waals surface area contributed by atoms with Crippen molar-refractivity contribution in [1.82, 2.24) is 9.78 Å². The Balaban J connectivity index is 2.81. The number of rotatable bonds is 3. The van der Waals surface area contributed by atoms with Crippen LogP contribution < -0.4 is 5.73 Å². The highest BCUT2D eigenvalue weighted by Gasteiger charge is 2.35. The second-order valence-corrected chi connectivity index (χ2v) is 3.29. The summed E-state index contributed by atoms with van der Waals surface area (Å²) in [5, 5.41) is 3.50. The van der Waals surface area contributed by atoms with Gasteiger partial charge in [0.1, 0.15) is 18.1 Å². The van der Waals surface area contributed by atoms with Crippen LogP contribution in [-0.2, 0) is 17.6 Å². The van der Waals surface area contributed by atoms with Gasteiger partial charge >= 0.3 is 6.18 Å². The van der Waals surface area contributed by atoms with Gasteiger partial charge in [0.15, 0.2) is 0 Å². The van der Waals surface area contributed by atoms with E-state index in [9.17, 15) is 13.2 Å². The van der Waals surface area contributed by atoms with Gasteiger partial charge in [0, 0.05) is 0 Å². The van der Waals surface area contributed by atoms with Crippen molar-refractivity contribution in [2.75, 3.05) is 5.73 Å². The van der Waals surface area contributed by atoms with Gasteiger partial charge in [-0.2, -0.15) is 18.3 Å². The number of ether oxygens (including phenoxy) is 1. The normalized spacial score (nSPS) is 12.4. The third-order valence-corrected chi connectivity index (χ3v) is 1.72. The van der Waals surface area contributed by atoms with Crippen LogP contribution in [0.1, 0.15) is 19.4 Å². The first-order valence-corrected chi connectivity index (χ1v) is 4.32. The Hall–Kier alpha value is -1.24. The highest BCUT2D eigenvalue weighted by atomic mass is 19.4. The molecule has 15 heavy (non-hydrogen) atoms. The van der Waals surface area contributed by atoms with Crippen LogP contribution in [0.2, 0.25) is 0 Å². The van der Waals surface area contributed by atoms with Gasteiger partial charge in [-0.3, -0.25) is 0 Å². The molecule has 0 spiro atoms. The molecule has 0 unspecified atom stereocenters. The molecule has 7 heteroatoms. The largest absolute Gasteiger partial charge is 0.421 e. The molecular weight excluding hydrogens is 211 g/mol. The summed E-state index contributed by atoms with van der Waals surface area (Å²) >= 11 is 0. The smallest absolute Gasteiger partial charge is 0.383 e. The topological polar surface area (TPSA) is 53.1 Å². The molecule has 0 saturated heterocycles. The number of nitrogen functional groups attached to an aromatic ring is 1. The zero-order valence-corrected chi connectivity index (χ0v) is 8.38. The van der Waals surface area contributed by atoms with Gasteiger partial charge in [-0.15, -0.1) is 0 Å². The van der Waals surface area contributed by atoms with Gasteiger partial charge in [0.25, 0.3) is 0 Å². The van der Waals surface area contributed by atoms with Crippen LogP contribution in [0.15, 0.2) is 6.20 Å². The second-order valence-electron chi connectivity index (χ2n) is 3.29. The van der Waals surface area contributed by atoms with Crippen molar-refractivity contribution in [2.45, 2.75) is 32.9 Å². The van der Waals surface area contributed by atoms with Crippen molar-refractivity contribution in [3.63, 3.8) is 0 Å². The Morgan fingerprint density at radius 1 is 1.53 bits per heavy atom. The van der Waals surface area contributed by atoms with Gasteiger partial charge in [0.2, 0.25) is 0 Å². The molecule has 86 valence electrons. The monoisotopic (exact) mass is 223 g/mol. The second kappa shape index (κ2) is 4.09. The number of hydrogen-bond acceptors (Lipinski definition) is 3. The lowest BCUT2D eigenvalue weighted by Crippen LogP contribution is -2.14. The van der Waals surface area contributed by atoms with Crippen molar-refractivity contribution in [3.8, 4) is 0 Å². The van der Waals surface area contributed by atoms with Crippen molar-refractivity contribution in [1.29, 1.82) is 0 Å². The summed E-state index contributed by atoms with van der Waals surface area (Å²) in [5.74, 6) is -0.428. The average Bonchev–Trinajstić information content (AvgIpc) is 2.42. The predicted octanol–water partition coefficient (Wildman–Crippen LogP) is 1.87. The minimum absolute atomic E-state index is 0.0837. The minimum Gasteiger partial charge on any atom is -0.383 e. The maximum Gasteiger partial charge on any atom is 0.421 e. The Kier molecular flexibility index (Phi) is 3.23. The molecule has 0 aliphatic carbocycles. The lowest BCUT2D eigenvalue weighted by Gasteiger charge is -2.09. The fraction of sp³-hybridized carbons (Fsp3) is 0.625. The fourth-order valence-electron chi connectivity index (χ4n) is 0.936. The van der Waals surface area contributed by atoms with Gasteiger partial charge in [-0.25, -0.2) is 4.68 Å². The Labute approximate surface area is 84.8 Å². The van der Waals surface area contributed by atoms with Gasteiger partial charge in [0.05, 0.1) is 12.3 Å². The van der Waals surface area contributed by atoms with Crippen LogP contribution in [-0.4, -0.2) is 15.9 Å². The molecular formula is C8H12F3N3O. The number of aromatic nitrogens is 2. The van der Waals surface area contributed by atoms with E-state index in [1.165, 1.54) is 0 Å². The van der Waals surface area contributed by atoms with Gasteiger partial charge in [-0.1, -0.05) is 0 Å². The molecule has 0 aliphatic rings. The highest BCUT2D eigenvalue weighted by Crippen LogP contribution is 2.33. The first-order chi connectivity index (χ1) is 6.82. The molecule has 0 amide bonds. The SMILES string of the molecule is CC(C)OCn1ncc(C(F)(F)F)c1N. The highest BCUT2D eigenvalue weighted by molar-refractivity contribution is 5.40. The molecule has 1 aromatic heterocycles. The third kappa shape index (κ3) is 2.85. The Bertz CT molecular complexity index is 332. The molecule has 1 rings (SSSR count). The van der Waals surface area contributed by atoms with Gasteiger partial charge in [-0.05, 0) is 13.8 Å². The van der Waals surface area contributed by atoms with E-state index in [-0.39, 0.29) is 12.8 Å². The lowest BCUT2D eigenvalue weighted by atomic mass is 10.3. The Morgan fingerprint density at radius 2 is 2.13 bits per heavy atom. The number of nitrogens with zero attached hydrogens (tertiary/aromatic N) is 2. The van der Waals surface area contributed by atoms with E-state index in [0.717, 1.165) is 4.68 Å². The summed E-state index contributed by atoms with van der Waals surface area (Å²) in [6.07, 6.45) is -3.87. The summed E-state index contributed by atoms with van der Waals surface area (Å²) in [7, 11) is 0. The molecule has 1 aromatic rings. The van der Waals surface area contributed by atoms with E-state index in [1.807, 2.05) is 0 Å². The third-order valence-electron chi connectivity index (χ3n) is 1.72. The van der Waals surface area contributed by atoms with Crippen LogP contribution in [0.25, 0.3) is 0 Å². The molecule has 0 aromatic carbocycles. The Morgan fingerprint density at radius 3 is 2.53 bits per heavy atom. The molecule has 0 fully saturated rings. The average molecular weight is 223 g/mol. The van der Waals surface area contributed by atoms with E-state index < -0.39 is 17.6 Å². The molecule has 0 saturated carbocycles. The quantitative estimate of drug-likeness (QED) is 0.850. The minimum atomic E-state index is -4.47. The van der Waals surface area contributed by atoms with Crippen LogP contribution in [0.4, 0.5) is 19.0 Å². The van der Waals surface area contributed by atoms with Crippen LogP contribution in [0, 0.1) is 0 Å². The first kappa shape index (κ1) is 11.8. The zero-order chi connectivity index (χ0) is 11.6. The maximum absolute atomic E-state index is 12.3. The van der Waals surface area contributed by atoms with E-state index in [4.69, 9.17) is 10.5 Å². The summed E-state index contributed by atoms with van der Waals surface area (Å²) in [4.78, 5) is 0. The number of anilines is 1. The molecule has 1 heterocycles. The van der Waals surface area contributed by atoms with E-state index in [0.29, 0.717) is 6.20 Å². The zero-order valence-electron chi connectivity index (χ0n) is 8.38. The molecule has 0 aliphatic heterocycles. The van der Waals surface area contributed by atoms with E-state index >= 15 is 0 Å². The number of nitrogens with two attached hydrogens (primary N) is 1. The summed E-state index contributed by atoms with van der Waals surface area (Å²) < 4.78 is 42.9. The standard InChI is InChI=1S/C8H12F3N3O/c1-5(2)15-4-14-7(12)6(3-13-14)8(9,10)11/h3,5H,4,12H2,1-2H3. The van der Waals surface area contributed by atoms with Gasteiger partial charge < -0.3 is 10.5 Å². The molecule has 2 N–H and O–H groups in total. The van der Waals surface area contributed by atoms with Crippen molar-refractivity contribution < 1.29 is 17.9 Å². The number of alkyl halides is 3. The lowest BCUT2D eigenvalue weighted by molar-refractivity contribution is -0.137. The number of halogens is 3. The maximum atomic E-state index is 12.3. The molecule has 0 bridgehead atoms. The van der Waals surface area contributed by atoms with E-state index in [2.05, 4.69) is 5.10 Å². The number of hydrogen-bond donors (Lipinski definition) is 1. The fourth-order valence-corrected chi connectivity index (χ4v) is 0.936. The van der Waals surface area contributed by atoms with Crippen LogP contribution >= 0.6 is 0 Å². The van der Waals surface area contributed by atoms with Crippen molar-refractivity contribution >= 4 is 5.82 Å². The van der Waals surface area contributed by atoms with Crippen LogP contribution in [0.5, 0.6) is 0 Å². The van der Waals surface area contributed by atoms with Crippen molar-refractivity contribution in [2.24, 2.45) is 0 Å². The van der Waals surface area contributed by atoms with Crippen molar-refractivity contribution in [3.05, 3.63) is 11.8 Å². The molecule has 4 nitrogen and oxygen atoms in total. The molecule has 0 radical (unpaired) electrons. The summed E-state index contributed by atoms with van der Waals surface area (Å²) in [5.41, 5.74) is 4.34. The van der Waals surface area contributed by atoms with E-state index in [1.54, 1.807) is 13.8 Å². The predicted molar refractivity (Wildman–Crippen MR) is 47.9 cm³/mol. The summed E-state index contributed by atoms with van der Waals surface area (Å²) in [6.45, 7) is 3.45.